The van der Waals surface area contributed by atoms with E-state index in [9.17, 15) is 5.11 Å². The molecule has 0 saturated carbocycles. The minimum absolute atomic E-state index is 0.175. The van der Waals surface area contributed by atoms with Crippen LogP contribution in [-0.2, 0) is 6.54 Å². The Morgan fingerprint density at radius 1 is 1.21 bits per heavy atom. The average molecular weight is 367 g/mol. The van der Waals surface area contributed by atoms with Gasteiger partial charge in [0, 0.05) is 31.9 Å². The van der Waals surface area contributed by atoms with Crippen LogP contribution in [0.4, 0.5) is 5.82 Å². The van der Waals surface area contributed by atoms with Crippen LogP contribution in [-0.4, -0.2) is 46.2 Å². The van der Waals surface area contributed by atoms with E-state index in [4.69, 9.17) is 23.2 Å². The molecular formula is C17H20Cl2N4O. The Labute approximate surface area is 151 Å². The molecule has 24 heavy (non-hydrogen) atoms. The number of hydrogen-bond acceptors (Lipinski definition) is 5. The Balaban J connectivity index is 1.56. The molecule has 0 atom stereocenters. The van der Waals surface area contributed by atoms with Gasteiger partial charge < -0.3 is 10.0 Å². The molecule has 0 unspecified atom stereocenters. The van der Waals surface area contributed by atoms with Gasteiger partial charge in [-0.1, -0.05) is 29.3 Å². The Kier molecular flexibility index (Phi) is 5.43. The van der Waals surface area contributed by atoms with Crippen LogP contribution < -0.4 is 4.90 Å². The van der Waals surface area contributed by atoms with Crippen LogP contribution in [0.1, 0.15) is 18.4 Å². The van der Waals surface area contributed by atoms with Gasteiger partial charge in [-0.25, -0.2) is 4.98 Å². The predicted molar refractivity (Wildman–Crippen MR) is 96.9 cm³/mol. The van der Waals surface area contributed by atoms with Crippen molar-refractivity contribution in [2.75, 3.05) is 25.0 Å². The monoisotopic (exact) mass is 366 g/mol. The van der Waals surface area contributed by atoms with Crippen molar-refractivity contribution in [3.63, 3.8) is 0 Å². The molecule has 0 radical (unpaired) electrons. The first-order chi connectivity index (χ1) is 11.5. The summed E-state index contributed by atoms with van der Waals surface area (Å²) in [7, 11) is 2.14. The maximum atomic E-state index is 9.41. The van der Waals surface area contributed by atoms with Crippen molar-refractivity contribution >= 4 is 29.0 Å². The minimum atomic E-state index is -0.175. The summed E-state index contributed by atoms with van der Waals surface area (Å²) in [5.41, 5.74) is 1.16. The van der Waals surface area contributed by atoms with Crippen LogP contribution in [0.25, 0.3) is 0 Å². The molecule has 128 valence electrons. The lowest BCUT2D eigenvalue weighted by molar-refractivity contribution is 0.200. The van der Waals surface area contributed by atoms with Crippen molar-refractivity contribution in [3.05, 3.63) is 46.1 Å². The lowest BCUT2D eigenvalue weighted by Crippen LogP contribution is -2.43. The zero-order valence-corrected chi connectivity index (χ0v) is 15.0. The van der Waals surface area contributed by atoms with Gasteiger partial charge in [-0.05, 0) is 43.7 Å². The standard InChI is InChI=1S/C17H20Cl2N4O/c1-22(11-12-2-3-14(18)15(19)10-12)13-5-8-23(9-6-13)16-4-7-20-17(24)21-16/h2-4,7,10,13H,5-6,8-9,11H2,1H3,(H,20,21,24). The normalized spacial score (nSPS) is 15.9. The van der Waals surface area contributed by atoms with Gasteiger partial charge in [0.05, 0.1) is 10.0 Å². The molecule has 7 heteroatoms. The first-order valence-corrected chi connectivity index (χ1v) is 8.69. The lowest BCUT2D eigenvalue weighted by Gasteiger charge is -2.37. The average Bonchev–Trinajstić information content (AvgIpc) is 2.58. The maximum Gasteiger partial charge on any atom is 0.315 e. The quantitative estimate of drug-likeness (QED) is 0.895. The van der Waals surface area contributed by atoms with E-state index in [0.29, 0.717) is 16.1 Å². The molecule has 1 aromatic heterocycles. The first-order valence-electron chi connectivity index (χ1n) is 7.94. The van der Waals surface area contributed by atoms with Gasteiger partial charge in [-0.15, -0.1) is 0 Å². The van der Waals surface area contributed by atoms with Crippen molar-refractivity contribution in [1.29, 1.82) is 0 Å². The predicted octanol–water partition coefficient (Wildman–Crippen LogP) is 3.59. The Morgan fingerprint density at radius 3 is 2.62 bits per heavy atom. The van der Waals surface area contributed by atoms with Crippen LogP contribution >= 0.6 is 23.2 Å². The largest absolute Gasteiger partial charge is 0.479 e. The fraction of sp³-hybridized carbons (Fsp3) is 0.412. The first kappa shape index (κ1) is 17.3. The lowest BCUT2D eigenvalue weighted by atomic mass is 10.0. The zero-order chi connectivity index (χ0) is 17.1. The molecule has 3 rings (SSSR count). The van der Waals surface area contributed by atoms with Gasteiger partial charge in [0.25, 0.3) is 0 Å². The number of rotatable bonds is 4. The summed E-state index contributed by atoms with van der Waals surface area (Å²) in [5.74, 6) is 0.785. The number of aromatic hydroxyl groups is 1. The highest BCUT2D eigenvalue weighted by molar-refractivity contribution is 6.42. The SMILES string of the molecule is CN(Cc1ccc(Cl)c(Cl)c1)C1CCN(c2ccnc(O)n2)CC1. The maximum absolute atomic E-state index is 9.41. The smallest absolute Gasteiger partial charge is 0.315 e. The van der Waals surface area contributed by atoms with Crippen LogP contribution in [0.15, 0.2) is 30.5 Å². The molecule has 0 spiro atoms. The summed E-state index contributed by atoms with van der Waals surface area (Å²) in [6.45, 7) is 2.66. The third-order valence-corrected chi connectivity index (χ3v) is 5.20. The molecule has 0 aliphatic carbocycles. The number of halogens is 2. The summed E-state index contributed by atoms with van der Waals surface area (Å²) in [6, 6.07) is 7.96. The Morgan fingerprint density at radius 2 is 1.96 bits per heavy atom. The molecule has 5 nitrogen and oxygen atoms in total. The molecule has 1 fully saturated rings. The molecule has 2 heterocycles. The highest BCUT2D eigenvalue weighted by Crippen LogP contribution is 2.25. The number of hydrogen-bond donors (Lipinski definition) is 1. The third kappa shape index (κ3) is 4.09. The van der Waals surface area contributed by atoms with Gasteiger partial charge in [-0.2, -0.15) is 4.98 Å². The number of aromatic nitrogens is 2. The molecule has 1 aliphatic heterocycles. The second kappa shape index (κ2) is 7.55. The van der Waals surface area contributed by atoms with Gasteiger partial charge >= 0.3 is 6.01 Å². The van der Waals surface area contributed by atoms with Crippen molar-refractivity contribution < 1.29 is 5.11 Å². The molecular weight excluding hydrogens is 347 g/mol. The van der Waals surface area contributed by atoms with Gasteiger partial charge in [0.1, 0.15) is 5.82 Å². The topological polar surface area (TPSA) is 52.5 Å². The van der Waals surface area contributed by atoms with Crippen molar-refractivity contribution in [3.8, 4) is 6.01 Å². The second-order valence-electron chi connectivity index (χ2n) is 6.10. The van der Waals surface area contributed by atoms with Gasteiger partial charge in [-0.3, -0.25) is 4.90 Å². The highest BCUT2D eigenvalue weighted by Gasteiger charge is 2.23. The van der Waals surface area contributed by atoms with Crippen molar-refractivity contribution in [2.24, 2.45) is 0 Å². The third-order valence-electron chi connectivity index (χ3n) is 4.46. The second-order valence-corrected chi connectivity index (χ2v) is 6.91. The van der Waals surface area contributed by atoms with Crippen molar-refractivity contribution in [1.82, 2.24) is 14.9 Å². The van der Waals surface area contributed by atoms with E-state index in [1.165, 1.54) is 0 Å². The summed E-state index contributed by atoms with van der Waals surface area (Å²) in [5, 5.41) is 10.6. The van der Waals surface area contributed by atoms with Crippen LogP contribution in [0.5, 0.6) is 6.01 Å². The molecule has 1 saturated heterocycles. The van der Waals surface area contributed by atoms with E-state index in [2.05, 4.69) is 26.8 Å². The molecule has 0 bridgehead atoms. The Hall–Kier alpha value is -1.56. The molecule has 0 amide bonds. The summed E-state index contributed by atoms with van der Waals surface area (Å²) in [4.78, 5) is 12.4. The fourth-order valence-electron chi connectivity index (χ4n) is 3.11. The molecule has 1 N–H and O–H groups in total. The summed E-state index contributed by atoms with van der Waals surface area (Å²) < 4.78 is 0. The van der Waals surface area contributed by atoms with E-state index in [-0.39, 0.29) is 6.01 Å². The van der Waals surface area contributed by atoms with Crippen LogP contribution in [0.2, 0.25) is 10.0 Å². The summed E-state index contributed by atoms with van der Waals surface area (Å²) >= 11 is 12.1. The van der Waals surface area contributed by atoms with Gasteiger partial charge in [0.2, 0.25) is 0 Å². The minimum Gasteiger partial charge on any atom is -0.479 e. The van der Waals surface area contributed by atoms with Crippen LogP contribution in [0.3, 0.4) is 0 Å². The molecule has 2 aromatic rings. The number of benzene rings is 1. The Bertz CT molecular complexity index is 705. The van der Waals surface area contributed by atoms with E-state index in [0.717, 1.165) is 43.9 Å². The number of piperidine rings is 1. The van der Waals surface area contributed by atoms with Crippen molar-refractivity contribution in [2.45, 2.75) is 25.4 Å². The molecule has 1 aliphatic rings. The number of anilines is 1. The van der Waals surface area contributed by atoms with E-state index < -0.39 is 0 Å². The van der Waals surface area contributed by atoms with E-state index >= 15 is 0 Å². The fourth-order valence-corrected chi connectivity index (χ4v) is 3.43. The van der Waals surface area contributed by atoms with Crippen LogP contribution in [0, 0.1) is 0 Å². The van der Waals surface area contributed by atoms with Gasteiger partial charge in [0.15, 0.2) is 0 Å². The number of nitrogens with zero attached hydrogens (tertiary/aromatic N) is 4. The summed E-state index contributed by atoms with van der Waals surface area (Å²) in [6.07, 6.45) is 3.67. The molecule has 1 aromatic carbocycles. The zero-order valence-electron chi connectivity index (χ0n) is 13.5. The van der Waals surface area contributed by atoms with E-state index in [1.807, 2.05) is 24.3 Å². The van der Waals surface area contributed by atoms with E-state index in [1.54, 1.807) is 6.20 Å². The highest BCUT2D eigenvalue weighted by atomic mass is 35.5.